The third kappa shape index (κ3) is 20.5. The van der Waals surface area contributed by atoms with Gasteiger partial charge in [-0.05, 0) is 26.4 Å². The molecular formula is C10H24N3OY-. The first-order chi connectivity index (χ1) is 6.81. The van der Waals surface area contributed by atoms with Crippen LogP contribution in [-0.2, 0) is 37.5 Å². The number of amides is 1. The summed E-state index contributed by atoms with van der Waals surface area (Å²) in [5.41, 5.74) is 0. The van der Waals surface area contributed by atoms with Crippen LogP contribution < -0.4 is 10.6 Å². The molecule has 5 heteroatoms. The summed E-state index contributed by atoms with van der Waals surface area (Å²) in [6, 6.07) is 0. The molecule has 0 heterocycles. The van der Waals surface area contributed by atoms with Crippen LogP contribution in [0.5, 0.6) is 0 Å². The zero-order chi connectivity index (χ0) is 11.2. The van der Waals surface area contributed by atoms with Gasteiger partial charge in [0.2, 0.25) is 0 Å². The number of nitrogens with zero attached hydrogens (tertiary/aromatic N) is 1. The largest absolute Gasteiger partial charge is 0.657 e. The van der Waals surface area contributed by atoms with Crippen LogP contribution in [0, 0.1) is 0 Å². The molecule has 4 nitrogen and oxygen atoms in total. The Kier molecular flexibility index (Phi) is 27.8. The zero-order valence-corrected chi connectivity index (χ0v) is 13.3. The van der Waals surface area contributed by atoms with Crippen molar-refractivity contribution < 1.29 is 37.5 Å². The average Bonchev–Trinajstić information content (AvgIpc) is 2.21. The first kappa shape index (κ1) is 20.9. The first-order valence-corrected chi connectivity index (χ1v) is 5.28. The molecule has 0 aromatic heterocycles. The minimum absolute atomic E-state index is 0. The average molecular weight is 291 g/mol. The maximum absolute atomic E-state index is 10.9. The second-order valence-corrected chi connectivity index (χ2v) is 2.63. The fraction of sp³-hybridized carbons (Fsp3) is 0.900. The van der Waals surface area contributed by atoms with Crippen LogP contribution in [0.25, 0.3) is 5.32 Å². The van der Waals surface area contributed by atoms with Gasteiger partial charge in [0.1, 0.15) is 0 Å². The molecule has 15 heavy (non-hydrogen) atoms. The number of unbranched alkanes of at least 4 members (excludes halogenated alkanes) is 1. The summed E-state index contributed by atoms with van der Waals surface area (Å²) in [5.74, 6) is 0.0157. The molecule has 0 aliphatic carbocycles. The van der Waals surface area contributed by atoms with E-state index in [0.29, 0.717) is 0 Å². The number of likely N-dealkylation sites (N-methyl/N-ethyl adjacent to an activating group) is 1. The van der Waals surface area contributed by atoms with Crippen molar-refractivity contribution in [2.24, 2.45) is 0 Å². The van der Waals surface area contributed by atoms with Crippen molar-refractivity contribution in [3.8, 4) is 0 Å². The van der Waals surface area contributed by atoms with Crippen molar-refractivity contribution in [3.63, 3.8) is 0 Å². The van der Waals surface area contributed by atoms with Crippen LogP contribution in [-0.4, -0.2) is 39.6 Å². The quantitative estimate of drug-likeness (QED) is 0.691. The van der Waals surface area contributed by atoms with Crippen molar-refractivity contribution >= 4 is 5.91 Å². The van der Waals surface area contributed by atoms with Crippen molar-refractivity contribution in [1.29, 1.82) is 0 Å². The SMILES string of the molecule is CC.C[N-]CC(=O)NCCCCNC.[Y]. The molecule has 2 N–H and O–H groups in total. The molecule has 0 saturated heterocycles. The van der Waals surface area contributed by atoms with Gasteiger partial charge < -0.3 is 16.0 Å². The molecule has 0 unspecified atom stereocenters. The second-order valence-electron chi connectivity index (χ2n) is 2.63. The molecule has 0 saturated carbocycles. The Morgan fingerprint density at radius 1 is 1.20 bits per heavy atom. The van der Waals surface area contributed by atoms with Gasteiger partial charge in [0.15, 0.2) is 5.91 Å². The minimum Gasteiger partial charge on any atom is -0.657 e. The Balaban J connectivity index is -0.000000449. The number of carbonyl (C=O) groups is 1. The van der Waals surface area contributed by atoms with Crippen LogP contribution in [0.1, 0.15) is 26.7 Å². The van der Waals surface area contributed by atoms with E-state index in [2.05, 4.69) is 16.0 Å². The van der Waals surface area contributed by atoms with Gasteiger partial charge in [-0.1, -0.05) is 20.4 Å². The van der Waals surface area contributed by atoms with E-state index in [1.165, 1.54) is 0 Å². The Labute approximate surface area is 119 Å². The summed E-state index contributed by atoms with van der Waals surface area (Å²) in [6.45, 7) is 6.05. The van der Waals surface area contributed by atoms with Gasteiger partial charge in [-0.3, -0.25) is 4.79 Å². The monoisotopic (exact) mass is 291 g/mol. The van der Waals surface area contributed by atoms with Gasteiger partial charge in [-0.15, -0.1) is 0 Å². The van der Waals surface area contributed by atoms with Crippen molar-refractivity contribution in [3.05, 3.63) is 5.32 Å². The maximum atomic E-state index is 10.9. The van der Waals surface area contributed by atoms with E-state index in [0.717, 1.165) is 25.9 Å². The Morgan fingerprint density at radius 3 is 2.20 bits per heavy atom. The summed E-state index contributed by atoms with van der Waals surface area (Å²) in [6.07, 6.45) is 2.12. The molecule has 0 aliphatic rings. The molecule has 1 amide bonds. The summed E-state index contributed by atoms with van der Waals surface area (Å²) >= 11 is 0. The minimum atomic E-state index is 0. The van der Waals surface area contributed by atoms with Gasteiger partial charge in [0.25, 0.3) is 0 Å². The Morgan fingerprint density at radius 2 is 1.73 bits per heavy atom. The van der Waals surface area contributed by atoms with E-state index in [-0.39, 0.29) is 45.2 Å². The fourth-order valence-corrected chi connectivity index (χ4v) is 0.854. The van der Waals surface area contributed by atoms with E-state index in [4.69, 9.17) is 0 Å². The van der Waals surface area contributed by atoms with Crippen molar-refractivity contribution in [1.82, 2.24) is 10.6 Å². The van der Waals surface area contributed by atoms with Crippen LogP contribution in [0.15, 0.2) is 0 Å². The van der Waals surface area contributed by atoms with E-state index < -0.39 is 0 Å². The number of rotatable bonds is 7. The molecule has 0 aromatic rings. The van der Waals surface area contributed by atoms with E-state index >= 15 is 0 Å². The van der Waals surface area contributed by atoms with Crippen LogP contribution >= 0.6 is 0 Å². The molecular weight excluding hydrogens is 267 g/mol. The van der Waals surface area contributed by atoms with Crippen LogP contribution in [0.2, 0.25) is 0 Å². The standard InChI is InChI=1S/C8H18N3O.C2H6.Y/c1-9-5-3-4-6-11-8(12)7-10-2;1-2;/h9H,3-7H2,1-2H3,(H,11,12);1-2H3;/q-1;;. The number of hydrogen-bond acceptors (Lipinski definition) is 2. The van der Waals surface area contributed by atoms with Crippen LogP contribution in [0.3, 0.4) is 0 Å². The third-order valence-corrected chi connectivity index (χ3v) is 1.48. The molecule has 0 rings (SSSR count). The summed E-state index contributed by atoms with van der Waals surface area (Å²) < 4.78 is 0. The first-order valence-electron chi connectivity index (χ1n) is 5.28. The number of hydrogen-bond donors (Lipinski definition) is 2. The Bertz CT molecular complexity index is 123. The predicted molar refractivity (Wildman–Crippen MR) is 61.7 cm³/mol. The van der Waals surface area contributed by atoms with Gasteiger partial charge in [-0.2, -0.15) is 7.05 Å². The predicted octanol–water partition coefficient (Wildman–Crippen LogP) is 1.13. The molecule has 89 valence electrons. The number of carbonyl (C=O) groups excluding carboxylic acids is 1. The topological polar surface area (TPSA) is 55.2 Å². The fourth-order valence-electron chi connectivity index (χ4n) is 0.854. The van der Waals surface area contributed by atoms with Crippen molar-refractivity contribution in [2.45, 2.75) is 26.7 Å². The van der Waals surface area contributed by atoms with E-state index in [1.54, 1.807) is 7.05 Å². The van der Waals surface area contributed by atoms with Gasteiger partial charge in [-0.25, -0.2) is 0 Å². The smallest absolute Gasteiger partial charge is 0.199 e. The molecule has 0 bridgehead atoms. The molecule has 0 fully saturated rings. The normalized spacial score (nSPS) is 8.27. The molecule has 0 aromatic carbocycles. The zero-order valence-electron chi connectivity index (χ0n) is 10.5. The molecule has 1 radical (unpaired) electrons. The summed E-state index contributed by atoms with van der Waals surface area (Å²) in [5, 5.41) is 9.56. The molecule has 0 atom stereocenters. The molecule has 0 aliphatic heterocycles. The van der Waals surface area contributed by atoms with Crippen LogP contribution in [0.4, 0.5) is 0 Å². The van der Waals surface area contributed by atoms with E-state index in [9.17, 15) is 4.79 Å². The maximum Gasteiger partial charge on any atom is 0.199 e. The second kappa shape index (κ2) is 20.0. The third-order valence-electron chi connectivity index (χ3n) is 1.48. The van der Waals surface area contributed by atoms with Gasteiger partial charge in [0, 0.05) is 39.3 Å². The molecule has 0 spiro atoms. The summed E-state index contributed by atoms with van der Waals surface area (Å²) in [7, 11) is 3.56. The number of nitrogens with one attached hydrogen (secondary N) is 2. The van der Waals surface area contributed by atoms with Crippen molar-refractivity contribution in [2.75, 3.05) is 33.7 Å². The summed E-state index contributed by atoms with van der Waals surface area (Å²) in [4.78, 5) is 10.9. The Hall–Kier alpha value is 0.494. The van der Waals surface area contributed by atoms with Gasteiger partial charge >= 0.3 is 0 Å². The van der Waals surface area contributed by atoms with Gasteiger partial charge in [0.05, 0.1) is 0 Å². The van der Waals surface area contributed by atoms with E-state index in [1.807, 2.05) is 20.9 Å².